The van der Waals surface area contributed by atoms with E-state index in [2.05, 4.69) is 20.5 Å². The van der Waals surface area contributed by atoms with E-state index in [4.69, 9.17) is 0 Å². The molecule has 2 aliphatic heterocycles. The Kier molecular flexibility index (Phi) is 5.50. The number of aliphatic imine (C=N–C) groups is 1. The van der Waals surface area contributed by atoms with Gasteiger partial charge < -0.3 is 15.5 Å². The monoisotopic (exact) mass is 378 g/mol. The molecule has 1 unspecified atom stereocenters. The van der Waals surface area contributed by atoms with Gasteiger partial charge in [-0.2, -0.15) is 0 Å². The van der Waals surface area contributed by atoms with Crippen LogP contribution in [0.1, 0.15) is 19.3 Å². The minimum Gasteiger partial charge on any atom is -0.355 e. The minimum absolute atomic E-state index is 0.00899. The number of piperidine rings is 1. The summed E-state index contributed by atoms with van der Waals surface area (Å²) in [6.07, 6.45) is 2.59. The summed E-state index contributed by atoms with van der Waals surface area (Å²) in [5.74, 6) is 0.824. The number of carbonyl (C=O) groups excluding carboxylic acids is 1. The number of hydrogen-bond acceptors (Lipinski definition) is 4. The van der Waals surface area contributed by atoms with Gasteiger partial charge in [-0.3, -0.25) is 9.79 Å². The van der Waals surface area contributed by atoms with Crippen LogP contribution in [0.2, 0.25) is 0 Å². The smallest absolute Gasteiger partial charge is 0.220 e. The summed E-state index contributed by atoms with van der Waals surface area (Å²) in [5.41, 5.74) is -0.0247. The van der Waals surface area contributed by atoms with Gasteiger partial charge in [-0.1, -0.05) is 18.2 Å². The molecule has 0 aliphatic carbocycles. The highest BCUT2D eigenvalue weighted by atomic mass is 32.2. The number of benzene rings is 1. The number of carbonyl (C=O) groups is 1. The van der Waals surface area contributed by atoms with Gasteiger partial charge in [0.25, 0.3) is 0 Å². The molecule has 0 aromatic heterocycles. The molecule has 2 saturated heterocycles. The minimum atomic E-state index is -3.32. The summed E-state index contributed by atoms with van der Waals surface area (Å²) >= 11 is 0. The fourth-order valence-electron chi connectivity index (χ4n) is 3.80. The lowest BCUT2D eigenvalue weighted by atomic mass is 9.79. The van der Waals surface area contributed by atoms with Gasteiger partial charge >= 0.3 is 0 Å². The molecule has 2 heterocycles. The largest absolute Gasteiger partial charge is 0.355 e. The van der Waals surface area contributed by atoms with Crippen LogP contribution in [0.4, 0.5) is 0 Å². The topological polar surface area (TPSA) is 90.9 Å². The zero-order valence-electron chi connectivity index (χ0n) is 15.1. The van der Waals surface area contributed by atoms with Gasteiger partial charge in [-0.15, -0.1) is 0 Å². The summed E-state index contributed by atoms with van der Waals surface area (Å²) in [6, 6.07) is 8.48. The van der Waals surface area contributed by atoms with Crippen LogP contribution >= 0.6 is 0 Å². The molecule has 1 aromatic rings. The number of guanidine groups is 1. The van der Waals surface area contributed by atoms with E-state index >= 15 is 0 Å². The van der Waals surface area contributed by atoms with Crippen LogP contribution in [0.5, 0.6) is 0 Å². The van der Waals surface area contributed by atoms with Gasteiger partial charge in [0.15, 0.2) is 15.8 Å². The summed E-state index contributed by atoms with van der Waals surface area (Å²) in [6.45, 7) is 2.63. The van der Waals surface area contributed by atoms with Crippen molar-refractivity contribution in [3.63, 3.8) is 0 Å². The van der Waals surface area contributed by atoms with E-state index in [-0.39, 0.29) is 17.1 Å². The van der Waals surface area contributed by atoms with Crippen LogP contribution in [0.3, 0.4) is 0 Å². The van der Waals surface area contributed by atoms with Gasteiger partial charge in [0.05, 0.1) is 10.6 Å². The normalized spacial score (nSPS) is 24.0. The van der Waals surface area contributed by atoms with Gasteiger partial charge in [-0.05, 0) is 25.0 Å². The Balaban J connectivity index is 1.57. The quantitative estimate of drug-likeness (QED) is 0.593. The number of amides is 1. The van der Waals surface area contributed by atoms with Crippen molar-refractivity contribution >= 4 is 21.7 Å². The molecular formula is C18H26N4O3S. The van der Waals surface area contributed by atoms with E-state index < -0.39 is 9.84 Å². The first kappa shape index (κ1) is 18.7. The summed E-state index contributed by atoms with van der Waals surface area (Å²) in [4.78, 5) is 18.4. The van der Waals surface area contributed by atoms with Crippen LogP contribution in [-0.2, 0) is 14.6 Å². The maximum atomic E-state index is 12.4. The standard InChI is InChI=1S/C18H26N4O3S/c1-19-17(20-9-11-26(24,25)15-6-3-2-4-7-15)22-10-5-8-18(14-22)12-16(23)21-13-18/h2-4,6-7H,5,8-14H2,1H3,(H,19,20)(H,21,23). The van der Waals surface area contributed by atoms with Gasteiger partial charge in [-0.25, -0.2) is 8.42 Å². The number of nitrogens with one attached hydrogen (secondary N) is 2. The summed E-state index contributed by atoms with van der Waals surface area (Å²) in [7, 11) is -1.61. The van der Waals surface area contributed by atoms with E-state index in [9.17, 15) is 13.2 Å². The second kappa shape index (κ2) is 7.65. The van der Waals surface area contributed by atoms with Crippen LogP contribution in [-0.4, -0.2) is 64.2 Å². The molecule has 7 nitrogen and oxygen atoms in total. The predicted octanol–water partition coefficient (Wildman–Crippen LogP) is 0.638. The van der Waals surface area contributed by atoms with E-state index in [1.54, 1.807) is 37.4 Å². The maximum absolute atomic E-state index is 12.4. The molecule has 2 aliphatic rings. The number of rotatable bonds is 4. The van der Waals surface area contributed by atoms with Gasteiger partial charge in [0.2, 0.25) is 5.91 Å². The van der Waals surface area contributed by atoms with Crippen LogP contribution in [0.25, 0.3) is 0 Å². The van der Waals surface area contributed by atoms with Crippen molar-refractivity contribution in [1.82, 2.24) is 15.5 Å². The Morgan fingerprint density at radius 1 is 1.35 bits per heavy atom. The average molecular weight is 378 g/mol. The first-order valence-electron chi connectivity index (χ1n) is 8.94. The van der Waals surface area contributed by atoms with E-state index in [0.717, 1.165) is 25.9 Å². The third kappa shape index (κ3) is 4.17. The molecule has 0 saturated carbocycles. The molecule has 3 rings (SSSR count). The summed E-state index contributed by atoms with van der Waals surface area (Å²) in [5, 5.41) is 6.11. The molecule has 142 valence electrons. The zero-order valence-corrected chi connectivity index (χ0v) is 15.9. The van der Waals surface area contributed by atoms with Crippen molar-refractivity contribution in [3.05, 3.63) is 30.3 Å². The van der Waals surface area contributed by atoms with E-state index in [1.165, 1.54) is 0 Å². The third-order valence-corrected chi connectivity index (χ3v) is 6.86. The highest BCUT2D eigenvalue weighted by molar-refractivity contribution is 7.91. The Bertz CT molecular complexity index is 779. The Labute approximate surface area is 154 Å². The second-order valence-corrected chi connectivity index (χ2v) is 9.19. The molecule has 1 aromatic carbocycles. The molecular weight excluding hydrogens is 352 g/mol. The molecule has 8 heteroatoms. The predicted molar refractivity (Wildman–Crippen MR) is 101 cm³/mol. The highest BCUT2D eigenvalue weighted by Crippen LogP contribution is 2.35. The van der Waals surface area contributed by atoms with Crippen molar-refractivity contribution in [2.75, 3.05) is 39.0 Å². The van der Waals surface area contributed by atoms with Crippen molar-refractivity contribution in [3.8, 4) is 0 Å². The molecule has 0 bridgehead atoms. The van der Waals surface area contributed by atoms with Gasteiger partial charge in [0.1, 0.15) is 0 Å². The molecule has 1 amide bonds. The molecule has 1 atom stereocenters. The van der Waals surface area contributed by atoms with Crippen molar-refractivity contribution in [2.24, 2.45) is 10.4 Å². The molecule has 1 spiro atoms. The lowest BCUT2D eigenvalue weighted by Crippen LogP contribution is -2.51. The first-order chi connectivity index (χ1) is 12.4. The van der Waals surface area contributed by atoms with Crippen LogP contribution in [0.15, 0.2) is 40.2 Å². The van der Waals surface area contributed by atoms with Crippen LogP contribution < -0.4 is 10.6 Å². The third-order valence-electron chi connectivity index (χ3n) is 5.13. The lowest BCUT2D eigenvalue weighted by Gasteiger charge is -2.40. The second-order valence-electron chi connectivity index (χ2n) is 7.08. The number of hydrogen-bond donors (Lipinski definition) is 2. The maximum Gasteiger partial charge on any atom is 0.220 e. The Hall–Kier alpha value is -2.09. The molecule has 2 fully saturated rings. The zero-order chi connectivity index (χ0) is 18.6. The summed E-state index contributed by atoms with van der Waals surface area (Å²) < 4.78 is 24.8. The lowest BCUT2D eigenvalue weighted by molar-refractivity contribution is -0.119. The highest BCUT2D eigenvalue weighted by Gasteiger charge is 2.42. The number of likely N-dealkylation sites (tertiary alicyclic amines) is 1. The Morgan fingerprint density at radius 2 is 2.12 bits per heavy atom. The first-order valence-corrected chi connectivity index (χ1v) is 10.6. The number of nitrogens with zero attached hydrogens (tertiary/aromatic N) is 2. The molecule has 2 N–H and O–H groups in total. The molecule has 0 radical (unpaired) electrons. The SMILES string of the molecule is CN=C(NCCS(=O)(=O)c1ccccc1)N1CCCC2(CNC(=O)C2)C1. The fraction of sp³-hybridized carbons (Fsp3) is 0.556. The van der Waals surface area contributed by atoms with E-state index in [1.807, 2.05) is 0 Å². The fourth-order valence-corrected chi connectivity index (χ4v) is 4.98. The Morgan fingerprint density at radius 3 is 2.77 bits per heavy atom. The van der Waals surface area contributed by atoms with Gasteiger partial charge in [0, 0.05) is 45.1 Å². The van der Waals surface area contributed by atoms with Crippen molar-refractivity contribution in [2.45, 2.75) is 24.2 Å². The van der Waals surface area contributed by atoms with Crippen LogP contribution in [0, 0.1) is 5.41 Å². The van der Waals surface area contributed by atoms with Crippen molar-refractivity contribution < 1.29 is 13.2 Å². The van der Waals surface area contributed by atoms with Crippen molar-refractivity contribution in [1.29, 1.82) is 0 Å². The average Bonchev–Trinajstić information content (AvgIpc) is 2.99. The molecule has 26 heavy (non-hydrogen) atoms. The van der Waals surface area contributed by atoms with E-state index in [0.29, 0.717) is 30.4 Å². The number of sulfone groups is 1.